The number of aromatic nitrogens is 6. The number of imidazole rings is 2. The van der Waals surface area contributed by atoms with Gasteiger partial charge in [0, 0.05) is 0 Å². The van der Waals surface area contributed by atoms with Crippen molar-refractivity contribution in [3.63, 3.8) is 0 Å². The topological polar surface area (TPSA) is 105 Å². The van der Waals surface area contributed by atoms with Gasteiger partial charge < -0.3 is 9.36 Å². The van der Waals surface area contributed by atoms with E-state index < -0.39 is 8.32 Å². The number of hydrogen-bond donors (Lipinski definition) is 1. The predicted octanol–water partition coefficient (Wildman–Crippen LogP) is 6.73. The Bertz CT molecular complexity index is 2320. The van der Waals surface area contributed by atoms with Crippen LogP contribution in [0.2, 0.25) is 5.04 Å². The Morgan fingerprint density at radius 1 is 0.837 bits per heavy atom. The van der Waals surface area contributed by atoms with Crippen LogP contribution in [0.5, 0.6) is 0 Å². The van der Waals surface area contributed by atoms with Gasteiger partial charge in [-0.15, -0.1) is 0 Å². The van der Waals surface area contributed by atoms with E-state index in [9.17, 15) is 10.1 Å². The summed E-state index contributed by atoms with van der Waals surface area (Å²) in [6.07, 6.45) is 6.23. The first-order valence-electron chi connectivity index (χ1n) is 16.8. The highest BCUT2D eigenvalue weighted by atomic mass is 28.4. The Morgan fingerprint density at radius 3 is 2.20 bits per heavy atom. The van der Waals surface area contributed by atoms with Crippen LogP contribution in [0.4, 0.5) is 0 Å². The molecule has 3 aromatic heterocycles. The van der Waals surface area contributed by atoms with Crippen molar-refractivity contribution < 1.29 is 4.80 Å². The van der Waals surface area contributed by atoms with E-state index in [2.05, 4.69) is 83.0 Å². The van der Waals surface area contributed by atoms with Crippen molar-refractivity contribution in [2.24, 2.45) is 0 Å². The summed E-state index contributed by atoms with van der Waals surface area (Å²) in [5.74, 6) is 1.65. The van der Waals surface area contributed by atoms with E-state index in [0.29, 0.717) is 11.5 Å². The largest absolute Gasteiger partial charge is 0.424 e. The molecule has 0 spiro atoms. The Kier molecular flexibility index (Phi) is 7.51. The molecule has 8 nitrogen and oxygen atoms in total. The maximum Gasteiger partial charge on any atom is 0.258 e. The van der Waals surface area contributed by atoms with E-state index in [-0.39, 0.29) is 17.0 Å². The van der Waals surface area contributed by atoms with Gasteiger partial charge in [0.05, 0.1) is 34.9 Å². The quantitative estimate of drug-likeness (QED) is 0.190. The SMILES string of the molecule is Cc1nc2cnc(-n3cnc4ccc(C#N)cc43)nc2n1C1CC[C@@H](CC(C)(C)[Si](O)(c2ccccc2)c2ccccc2)c2ccccc21. The van der Waals surface area contributed by atoms with Crippen molar-refractivity contribution in [3.8, 4) is 12.0 Å². The van der Waals surface area contributed by atoms with Crippen LogP contribution in [-0.4, -0.2) is 42.2 Å². The third-order valence-electron chi connectivity index (χ3n) is 10.5. The molecular formula is C40H37N7OSi. The lowest BCUT2D eigenvalue weighted by molar-refractivity contribution is 0.378. The van der Waals surface area contributed by atoms with Crippen molar-refractivity contribution in [1.29, 1.82) is 5.26 Å². The molecule has 0 amide bonds. The second-order valence-electron chi connectivity index (χ2n) is 13.8. The number of benzene rings is 4. The third kappa shape index (κ3) is 5.07. The van der Waals surface area contributed by atoms with Crippen molar-refractivity contribution in [1.82, 2.24) is 29.1 Å². The molecule has 0 aliphatic heterocycles. The van der Waals surface area contributed by atoms with Crippen molar-refractivity contribution >= 4 is 40.9 Å². The van der Waals surface area contributed by atoms with Crippen LogP contribution in [0.1, 0.15) is 67.6 Å². The molecule has 8 rings (SSSR count). The van der Waals surface area contributed by atoms with Gasteiger partial charge in [0.25, 0.3) is 8.32 Å². The molecule has 4 aromatic carbocycles. The first kappa shape index (κ1) is 30.9. The lowest BCUT2D eigenvalue weighted by atomic mass is 9.76. The lowest BCUT2D eigenvalue weighted by Crippen LogP contribution is -2.65. The van der Waals surface area contributed by atoms with Crippen LogP contribution in [0, 0.1) is 18.3 Å². The number of rotatable bonds is 7. The molecule has 1 N–H and O–H groups in total. The summed E-state index contributed by atoms with van der Waals surface area (Å²) in [4.78, 5) is 32.1. The molecule has 9 heteroatoms. The summed E-state index contributed by atoms with van der Waals surface area (Å²) in [5, 5.41) is 11.2. The number of nitriles is 1. The molecule has 49 heavy (non-hydrogen) atoms. The summed E-state index contributed by atoms with van der Waals surface area (Å²) in [5.41, 5.74) is 6.22. The van der Waals surface area contributed by atoms with Crippen LogP contribution in [0.3, 0.4) is 0 Å². The predicted molar refractivity (Wildman–Crippen MR) is 195 cm³/mol. The third-order valence-corrected chi connectivity index (χ3v) is 15.0. The van der Waals surface area contributed by atoms with Crippen molar-refractivity contribution in [2.75, 3.05) is 0 Å². The average Bonchev–Trinajstić information content (AvgIpc) is 3.71. The molecule has 3 heterocycles. The highest BCUT2D eigenvalue weighted by molar-refractivity contribution is 6.98. The van der Waals surface area contributed by atoms with E-state index >= 15 is 0 Å². The number of aryl methyl sites for hydroxylation is 1. The molecule has 0 saturated carbocycles. The summed E-state index contributed by atoms with van der Waals surface area (Å²) in [6.45, 7) is 6.56. The molecule has 1 unspecified atom stereocenters. The monoisotopic (exact) mass is 659 g/mol. The molecule has 0 fully saturated rings. The summed E-state index contributed by atoms with van der Waals surface area (Å²) in [7, 11) is -3.17. The Morgan fingerprint density at radius 2 is 1.51 bits per heavy atom. The highest BCUT2D eigenvalue weighted by Gasteiger charge is 2.51. The number of nitrogens with zero attached hydrogens (tertiary/aromatic N) is 7. The molecule has 242 valence electrons. The zero-order valence-electron chi connectivity index (χ0n) is 27.8. The van der Waals surface area contributed by atoms with Gasteiger partial charge >= 0.3 is 0 Å². The summed E-state index contributed by atoms with van der Waals surface area (Å²) >= 11 is 0. The minimum atomic E-state index is -3.17. The second kappa shape index (κ2) is 11.9. The Balaban J connectivity index is 1.18. The van der Waals surface area contributed by atoms with Crippen molar-refractivity contribution in [2.45, 2.75) is 57.0 Å². The number of hydrogen-bond acceptors (Lipinski definition) is 6. The standard InChI is InChI=1S/C40H37N7OSi/c1-27-44-35-25-42-39(46-26-43-34-20-18-28(24-41)22-37(34)46)45-38(35)47(27)36-21-19-29(32-16-10-11-17-33(32)36)23-40(2,3)49(48,30-12-6-4-7-13-30)31-14-8-5-9-15-31/h4-18,20,22,25-26,29,36,48H,19,21,23H2,1-3H3/t29-,36?/m0/s1. The van der Waals surface area contributed by atoms with Crippen LogP contribution in [0.15, 0.2) is 116 Å². The van der Waals surface area contributed by atoms with Gasteiger partial charge in [0.2, 0.25) is 5.95 Å². The smallest absolute Gasteiger partial charge is 0.258 e. The van der Waals surface area contributed by atoms with Gasteiger partial charge in [-0.1, -0.05) is 98.8 Å². The van der Waals surface area contributed by atoms with Gasteiger partial charge in [0.15, 0.2) is 5.65 Å². The van der Waals surface area contributed by atoms with Crippen LogP contribution in [-0.2, 0) is 0 Å². The maximum atomic E-state index is 12.9. The fourth-order valence-corrected chi connectivity index (χ4v) is 11.9. The fraction of sp³-hybridized carbons (Fsp3) is 0.225. The van der Waals surface area contributed by atoms with Crippen LogP contribution in [0.25, 0.3) is 28.1 Å². The van der Waals surface area contributed by atoms with Gasteiger partial charge in [-0.2, -0.15) is 10.2 Å². The Labute approximate surface area is 286 Å². The normalized spacial score (nSPS) is 16.5. The van der Waals surface area contributed by atoms with Gasteiger partial charge in [0.1, 0.15) is 17.7 Å². The molecular weight excluding hydrogens is 623 g/mol. The fourth-order valence-electron chi connectivity index (χ4n) is 8.13. The Hall–Kier alpha value is -5.43. The van der Waals surface area contributed by atoms with Crippen LogP contribution >= 0.6 is 0 Å². The minimum Gasteiger partial charge on any atom is -0.424 e. The maximum absolute atomic E-state index is 12.9. The zero-order chi connectivity index (χ0) is 33.8. The molecule has 2 atom stereocenters. The summed E-state index contributed by atoms with van der Waals surface area (Å²) in [6, 6.07) is 37.1. The van der Waals surface area contributed by atoms with E-state index in [1.54, 1.807) is 18.6 Å². The van der Waals surface area contributed by atoms with Gasteiger partial charge in [-0.05, 0) is 76.8 Å². The molecule has 0 saturated heterocycles. The number of fused-ring (bicyclic) bond motifs is 3. The first-order valence-corrected chi connectivity index (χ1v) is 18.7. The van der Waals surface area contributed by atoms with Crippen molar-refractivity contribution in [3.05, 3.63) is 138 Å². The zero-order valence-corrected chi connectivity index (χ0v) is 28.8. The first-order chi connectivity index (χ1) is 23.8. The molecule has 0 radical (unpaired) electrons. The summed E-state index contributed by atoms with van der Waals surface area (Å²) < 4.78 is 4.10. The van der Waals surface area contributed by atoms with E-state index in [4.69, 9.17) is 9.97 Å². The molecule has 1 aliphatic rings. The second-order valence-corrected chi connectivity index (χ2v) is 17.7. The van der Waals surface area contributed by atoms with Gasteiger partial charge in [-0.25, -0.2) is 15.0 Å². The lowest BCUT2D eigenvalue weighted by Gasteiger charge is -2.44. The van der Waals surface area contributed by atoms with Gasteiger partial charge in [-0.3, -0.25) is 4.57 Å². The van der Waals surface area contributed by atoms with E-state index in [1.165, 1.54) is 11.1 Å². The molecule has 7 aromatic rings. The van der Waals surface area contributed by atoms with E-state index in [1.807, 2.05) is 60.0 Å². The average molecular weight is 660 g/mol. The molecule has 0 bridgehead atoms. The van der Waals surface area contributed by atoms with Crippen LogP contribution < -0.4 is 10.4 Å². The minimum absolute atomic E-state index is 0.0485. The van der Waals surface area contributed by atoms with E-state index in [0.717, 1.165) is 57.7 Å². The molecule has 1 aliphatic carbocycles. The highest BCUT2D eigenvalue weighted by Crippen LogP contribution is 2.50.